The van der Waals surface area contributed by atoms with Crippen LogP contribution in [0.2, 0.25) is 0 Å². The molecule has 27 heavy (non-hydrogen) atoms. The summed E-state index contributed by atoms with van der Waals surface area (Å²) in [5.74, 6) is 0.423. The fourth-order valence-electron chi connectivity index (χ4n) is 4.48. The summed E-state index contributed by atoms with van der Waals surface area (Å²) in [6, 6.07) is 10.4. The van der Waals surface area contributed by atoms with E-state index in [1.807, 2.05) is 30.1 Å². The lowest BCUT2D eigenvalue weighted by molar-refractivity contribution is -0.138. The number of amides is 1. The molecule has 6 heteroatoms. The zero-order chi connectivity index (χ0) is 19.4. The van der Waals surface area contributed by atoms with E-state index in [1.54, 1.807) is 0 Å². The van der Waals surface area contributed by atoms with Crippen LogP contribution >= 0.6 is 0 Å². The Morgan fingerprint density at radius 2 is 1.74 bits per heavy atom. The number of carbonyl (C=O) groups is 1. The van der Waals surface area contributed by atoms with Crippen LogP contribution in [0.5, 0.6) is 0 Å². The molecule has 0 aromatic heterocycles. The number of likely N-dealkylation sites (N-methyl/N-ethyl adjacent to an activating group) is 1. The minimum atomic E-state index is -3.01. The second-order valence-corrected chi connectivity index (χ2v) is 10.4. The van der Waals surface area contributed by atoms with Crippen LogP contribution in [0.25, 0.3) is 0 Å². The van der Waals surface area contributed by atoms with Crippen molar-refractivity contribution < 1.29 is 13.2 Å². The number of carbonyl (C=O) groups excluding carboxylic acids is 1. The highest BCUT2D eigenvalue weighted by Gasteiger charge is 2.38. The van der Waals surface area contributed by atoms with Crippen LogP contribution in [0, 0.1) is 0 Å². The van der Waals surface area contributed by atoms with Crippen LogP contribution < -0.4 is 0 Å². The van der Waals surface area contributed by atoms with E-state index in [1.165, 1.54) is 12.0 Å². The van der Waals surface area contributed by atoms with Gasteiger partial charge in [-0.25, -0.2) is 8.42 Å². The van der Waals surface area contributed by atoms with Gasteiger partial charge in [-0.15, -0.1) is 0 Å². The molecule has 1 aromatic rings. The van der Waals surface area contributed by atoms with Gasteiger partial charge in [-0.2, -0.15) is 0 Å². The third-order valence-electron chi connectivity index (χ3n) is 6.19. The summed E-state index contributed by atoms with van der Waals surface area (Å²) >= 11 is 0. The minimum absolute atomic E-state index is 0.0780. The quantitative estimate of drug-likeness (QED) is 0.747. The molecule has 1 aliphatic carbocycles. The summed E-state index contributed by atoms with van der Waals surface area (Å²) in [5.41, 5.74) is 1.18. The first kappa shape index (κ1) is 20.3. The molecule has 5 nitrogen and oxygen atoms in total. The second kappa shape index (κ2) is 8.74. The minimum Gasteiger partial charge on any atom is -0.335 e. The lowest BCUT2D eigenvalue weighted by Crippen LogP contribution is -2.51. The standard InChI is InChI=1S/C21H32N2O3S/c1-17(18-9-5-3-6-10-18)22(2)15-21(24)23(19-11-7-4-8-12-19)20-13-14-27(25,26)16-20/h3,5-6,9-10,17,19-20H,4,7-8,11-16H2,1-2H3/t17-,20-/m1/s1. The van der Waals surface area contributed by atoms with Crippen LogP contribution in [-0.4, -0.2) is 61.3 Å². The normalized spacial score (nSPS) is 24.0. The number of hydrogen-bond donors (Lipinski definition) is 0. The highest BCUT2D eigenvalue weighted by Crippen LogP contribution is 2.29. The van der Waals surface area contributed by atoms with E-state index in [-0.39, 0.29) is 35.5 Å². The van der Waals surface area contributed by atoms with E-state index >= 15 is 0 Å². The lowest BCUT2D eigenvalue weighted by atomic mass is 9.92. The largest absolute Gasteiger partial charge is 0.335 e. The molecule has 3 rings (SSSR count). The van der Waals surface area contributed by atoms with Gasteiger partial charge in [0, 0.05) is 18.1 Å². The molecule has 0 radical (unpaired) electrons. The van der Waals surface area contributed by atoms with Crippen LogP contribution in [0.1, 0.15) is 57.1 Å². The van der Waals surface area contributed by atoms with Gasteiger partial charge in [-0.3, -0.25) is 9.69 Å². The van der Waals surface area contributed by atoms with Crippen molar-refractivity contribution in [2.24, 2.45) is 0 Å². The zero-order valence-corrected chi connectivity index (χ0v) is 17.3. The number of hydrogen-bond acceptors (Lipinski definition) is 4. The molecule has 2 aliphatic rings. The molecule has 2 fully saturated rings. The average molecular weight is 393 g/mol. The van der Waals surface area contributed by atoms with E-state index in [0.717, 1.165) is 25.7 Å². The van der Waals surface area contributed by atoms with E-state index in [4.69, 9.17) is 0 Å². The molecule has 2 atom stereocenters. The molecular weight excluding hydrogens is 360 g/mol. The number of rotatable bonds is 6. The molecule has 0 spiro atoms. The maximum Gasteiger partial charge on any atom is 0.237 e. The number of nitrogens with zero attached hydrogens (tertiary/aromatic N) is 2. The van der Waals surface area contributed by atoms with Crippen molar-refractivity contribution in [2.45, 2.75) is 63.6 Å². The molecule has 1 heterocycles. The molecule has 0 bridgehead atoms. The topological polar surface area (TPSA) is 57.7 Å². The van der Waals surface area contributed by atoms with Crippen molar-refractivity contribution in [1.82, 2.24) is 9.80 Å². The Morgan fingerprint density at radius 1 is 1.07 bits per heavy atom. The molecule has 0 N–H and O–H groups in total. The molecule has 1 aromatic carbocycles. The Kier molecular flexibility index (Phi) is 6.58. The SMILES string of the molecule is C[C@H](c1ccccc1)N(C)CC(=O)N(C1CCCCC1)[C@@H]1CCS(=O)(=O)C1. The molecule has 150 valence electrons. The van der Waals surface area contributed by atoms with Gasteiger partial charge in [-0.1, -0.05) is 49.6 Å². The monoisotopic (exact) mass is 392 g/mol. The van der Waals surface area contributed by atoms with Gasteiger partial charge in [0.15, 0.2) is 9.84 Å². The maximum atomic E-state index is 13.3. The highest BCUT2D eigenvalue weighted by molar-refractivity contribution is 7.91. The maximum absolute atomic E-state index is 13.3. The van der Waals surface area contributed by atoms with Crippen LogP contribution in [-0.2, 0) is 14.6 Å². The molecule has 1 saturated heterocycles. The Bertz CT molecular complexity index is 729. The first-order valence-corrected chi connectivity index (χ1v) is 12.0. The predicted molar refractivity (Wildman–Crippen MR) is 108 cm³/mol. The first-order valence-electron chi connectivity index (χ1n) is 10.1. The zero-order valence-electron chi connectivity index (χ0n) is 16.5. The van der Waals surface area contributed by atoms with Gasteiger partial charge in [0.2, 0.25) is 5.91 Å². The van der Waals surface area contributed by atoms with Crippen molar-refractivity contribution >= 4 is 15.7 Å². The van der Waals surface area contributed by atoms with E-state index in [0.29, 0.717) is 13.0 Å². The Balaban J connectivity index is 1.72. The van der Waals surface area contributed by atoms with Crippen molar-refractivity contribution in [2.75, 3.05) is 25.1 Å². The molecule has 1 aliphatic heterocycles. The molecular formula is C21H32N2O3S. The van der Waals surface area contributed by atoms with Gasteiger partial charge in [0.1, 0.15) is 0 Å². The van der Waals surface area contributed by atoms with Gasteiger partial charge in [0.25, 0.3) is 0 Å². The summed E-state index contributed by atoms with van der Waals surface area (Å²) in [5, 5.41) is 0. The predicted octanol–water partition coefficient (Wildman–Crippen LogP) is 3.03. The van der Waals surface area contributed by atoms with Gasteiger partial charge >= 0.3 is 0 Å². The second-order valence-electron chi connectivity index (χ2n) is 8.15. The molecule has 0 unspecified atom stereocenters. The van der Waals surface area contributed by atoms with E-state index in [2.05, 4.69) is 24.0 Å². The summed E-state index contributed by atoms with van der Waals surface area (Å²) in [7, 11) is -1.04. The van der Waals surface area contributed by atoms with Crippen molar-refractivity contribution in [1.29, 1.82) is 0 Å². The Morgan fingerprint density at radius 3 is 2.33 bits per heavy atom. The van der Waals surface area contributed by atoms with Gasteiger partial charge in [-0.05, 0) is 38.8 Å². The van der Waals surface area contributed by atoms with E-state index < -0.39 is 9.84 Å². The average Bonchev–Trinajstić information content (AvgIpc) is 3.02. The summed E-state index contributed by atoms with van der Waals surface area (Å²) in [6.07, 6.45) is 6.06. The Labute approximate surface area is 163 Å². The summed E-state index contributed by atoms with van der Waals surface area (Å²) in [6.45, 7) is 2.43. The van der Waals surface area contributed by atoms with Crippen LogP contribution in [0.4, 0.5) is 0 Å². The van der Waals surface area contributed by atoms with Crippen LogP contribution in [0.3, 0.4) is 0 Å². The highest BCUT2D eigenvalue weighted by atomic mass is 32.2. The summed E-state index contributed by atoms with van der Waals surface area (Å²) < 4.78 is 24.0. The first-order chi connectivity index (χ1) is 12.9. The third kappa shape index (κ3) is 5.11. The fraction of sp³-hybridized carbons (Fsp3) is 0.667. The lowest BCUT2D eigenvalue weighted by Gasteiger charge is -2.39. The van der Waals surface area contributed by atoms with Gasteiger partial charge < -0.3 is 4.90 Å². The smallest absolute Gasteiger partial charge is 0.237 e. The van der Waals surface area contributed by atoms with Crippen molar-refractivity contribution in [3.8, 4) is 0 Å². The number of sulfone groups is 1. The Hall–Kier alpha value is -1.40. The number of benzene rings is 1. The molecule has 1 saturated carbocycles. The van der Waals surface area contributed by atoms with Crippen LogP contribution in [0.15, 0.2) is 30.3 Å². The molecule has 1 amide bonds. The summed E-state index contributed by atoms with van der Waals surface area (Å²) in [4.78, 5) is 17.3. The van der Waals surface area contributed by atoms with E-state index in [9.17, 15) is 13.2 Å². The van der Waals surface area contributed by atoms with Gasteiger partial charge in [0.05, 0.1) is 18.1 Å². The fourth-order valence-corrected chi connectivity index (χ4v) is 6.19. The van der Waals surface area contributed by atoms with Crippen molar-refractivity contribution in [3.05, 3.63) is 35.9 Å². The third-order valence-corrected chi connectivity index (χ3v) is 7.94. The van der Waals surface area contributed by atoms with Crippen molar-refractivity contribution in [3.63, 3.8) is 0 Å².